The van der Waals surface area contributed by atoms with Gasteiger partial charge in [0.25, 0.3) is 11.1 Å². The largest absolute Gasteiger partial charge is 0.497 e. The van der Waals surface area contributed by atoms with Crippen LogP contribution in [0.4, 0.5) is 4.79 Å². The van der Waals surface area contributed by atoms with Crippen LogP contribution in [0.15, 0.2) is 35.2 Å². The molecule has 2 aliphatic rings. The van der Waals surface area contributed by atoms with Crippen LogP contribution < -0.4 is 18.9 Å². The van der Waals surface area contributed by atoms with E-state index in [0.29, 0.717) is 44.1 Å². The predicted molar refractivity (Wildman–Crippen MR) is 109 cm³/mol. The quantitative estimate of drug-likeness (QED) is 0.650. The predicted octanol–water partition coefficient (Wildman–Crippen LogP) is 4.32. The maximum atomic E-state index is 12.8. The topological polar surface area (TPSA) is 74.3 Å². The molecule has 0 atom stereocenters. The summed E-state index contributed by atoms with van der Waals surface area (Å²) in [5.74, 6) is 1.85. The van der Waals surface area contributed by atoms with Crippen molar-refractivity contribution in [2.75, 3.05) is 21.0 Å². The number of fused-ring (bicyclic) bond motifs is 1. The molecule has 0 aromatic heterocycles. The van der Waals surface area contributed by atoms with Crippen molar-refractivity contribution >= 4 is 40.6 Å². The number of rotatable bonds is 5. The molecule has 0 aliphatic carbocycles. The normalized spacial score (nSPS) is 16.7. The molecule has 0 spiro atoms. The molecule has 2 aromatic carbocycles. The summed E-state index contributed by atoms with van der Waals surface area (Å²) in [6.45, 7) is 0.153. The highest BCUT2D eigenvalue weighted by molar-refractivity contribution is 8.18. The first-order valence-electron chi connectivity index (χ1n) is 8.55. The van der Waals surface area contributed by atoms with Gasteiger partial charge in [0.2, 0.25) is 6.79 Å². The maximum absolute atomic E-state index is 12.8. The summed E-state index contributed by atoms with van der Waals surface area (Å²) >= 11 is 7.15. The van der Waals surface area contributed by atoms with Gasteiger partial charge in [0.05, 0.1) is 25.7 Å². The number of amides is 2. The number of hydrogen-bond acceptors (Lipinski definition) is 7. The Hall–Kier alpha value is -2.84. The molecule has 0 bridgehead atoms. The first-order valence-corrected chi connectivity index (χ1v) is 9.75. The Morgan fingerprint density at radius 1 is 1.14 bits per heavy atom. The number of thioether (sulfide) groups is 1. The Labute approximate surface area is 176 Å². The second-order valence-corrected chi connectivity index (χ2v) is 7.57. The van der Waals surface area contributed by atoms with E-state index in [-0.39, 0.29) is 18.6 Å². The number of nitrogens with zero attached hydrogens (tertiary/aromatic N) is 1. The van der Waals surface area contributed by atoms with Crippen LogP contribution in [0.5, 0.6) is 23.0 Å². The number of halogens is 1. The van der Waals surface area contributed by atoms with E-state index in [4.69, 9.17) is 30.5 Å². The smallest absolute Gasteiger partial charge is 0.293 e. The summed E-state index contributed by atoms with van der Waals surface area (Å²) in [7, 11) is 3.08. The molecule has 4 rings (SSSR count). The van der Waals surface area contributed by atoms with Gasteiger partial charge in [0.15, 0.2) is 11.5 Å². The van der Waals surface area contributed by atoms with Gasteiger partial charge in [-0.2, -0.15) is 0 Å². The van der Waals surface area contributed by atoms with Crippen molar-refractivity contribution in [1.29, 1.82) is 0 Å². The van der Waals surface area contributed by atoms with Gasteiger partial charge in [-0.3, -0.25) is 14.5 Å². The van der Waals surface area contributed by atoms with E-state index in [1.54, 1.807) is 43.5 Å². The summed E-state index contributed by atoms with van der Waals surface area (Å²) in [5.41, 5.74) is 1.27. The van der Waals surface area contributed by atoms with Gasteiger partial charge in [-0.05, 0) is 41.6 Å². The van der Waals surface area contributed by atoms with E-state index >= 15 is 0 Å². The van der Waals surface area contributed by atoms with Crippen LogP contribution in [0.1, 0.15) is 11.1 Å². The van der Waals surface area contributed by atoms with E-state index in [1.807, 2.05) is 0 Å². The summed E-state index contributed by atoms with van der Waals surface area (Å²) in [5, 5.41) is 0.0246. The average molecular weight is 434 g/mol. The van der Waals surface area contributed by atoms with E-state index < -0.39 is 5.91 Å². The maximum Gasteiger partial charge on any atom is 0.293 e. The minimum absolute atomic E-state index is 0.0389. The first-order chi connectivity index (χ1) is 14.0. The number of carbonyl (C=O) groups is 2. The monoisotopic (exact) mass is 433 g/mol. The second-order valence-electron chi connectivity index (χ2n) is 6.17. The summed E-state index contributed by atoms with van der Waals surface area (Å²) in [4.78, 5) is 26.8. The molecule has 2 aromatic rings. The van der Waals surface area contributed by atoms with Gasteiger partial charge in [-0.15, -0.1) is 0 Å². The third kappa shape index (κ3) is 3.73. The first kappa shape index (κ1) is 19.5. The summed E-state index contributed by atoms with van der Waals surface area (Å²) in [6.07, 6.45) is 1.63. The lowest BCUT2D eigenvalue weighted by Crippen LogP contribution is -2.27. The van der Waals surface area contributed by atoms with Crippen molar-refractivity contribution in [2.24, 2.45) is 0 Å². The van der Waals surface area contributed by atoms with Crippen molar-refractivity contribution in [3.05, 3.63) is 51.4 Å². The molecule has 150 valence electrons. The molecule has 0 radical (unpaired) electrons. The van der Waals surface area contributed by atoms with Gasteiger partial charge >= 0.3 is 0 Å². The molecule has 29 heavy (non-hydrogen) atoms. The fourth-order valence-corrected chi connectivity index (χ4v) is 4.01. The van der Waals surface area contributed by atoms with E-state index in [0.717, 1.165) is 16.7 Å². The van der Waals surface area contributed by atoms with Crippen LogP contribution in [0.3, 0.4) is 0 Å². The third-order valence-electron chi connectivity index (χ3n) is 4.47. The lowest BCUT2D eigenvalue weighted by molar-refractivity contribution is -0.123. The Kier molecular flexibility index (Phi) is 5.29. The number of methoxy groups -OCH3 is 2. The Bertz CT molecular complexity index is 1040. The van der Waals surface area contributed by atoms with Gasteiger partial charge in [-0.25, -0.2) is 0 Å². The number of hydrogen-bond donors (Lipinski definition) is 0. The van der Waals surface area contributed by atoms with Gasteiger partial charge in [0, 0.05) is 22.7 Å². The average Bonchev–Trinajstić information content (AvgIpc) is 3.27. The standard InChI is InChI=1S/C20H16ClNO6S/c1-25-13-4-3-11(15(7-13)26-2)6-18-19(23)22(20(24)29-18)9-12-5-16-17(8-14(12)21)28-10-27-16/h3-8H,9-10H2,1-2H3/b18-6+. The molecule has 0 unspecified atom stereocenters. The second kappa shape index (κ2) is 7.88. The van der Waals surface area contributed by atoms with Crippen LogP contribution in [-0.2, 0) is 11.3 Å². The molecular formula is C20H16ClNO6S. The minimum atomic E-state index is -0.397. The van der Waals surface area contributed by atoms with Crippen molar-refractivity contribution in [1.82, 2.24) is 4.90 Å². The highest BCUT2D eigenvalue weighted by Gasteiger charge is 2.36. The van der Waals surface area contributed by atoms with E-state index in [9.17, 15) is 9.59 Å². The lowest BCUT2D eigenvalue weighted by Gasteiger charge is -2.14. The molecule has 0 saturated carbocycles. The fourth-order valence-electron chi connectivity index (χ4n) is 2.97. The zero-order valence-electron chi connectivity index (χ0n) is 15.6. The van der Waals surface area contributed by atoms with Crippen molar-refractivity contribution in [3.63, 3.8) is 0 Å². The number of imide groups is 1. The van der Waals surface area contributed by atoms with Crippen LogP contribution in [0.25, 0.3) is 6.08 Å². The number of carbonyl (C=O) groups excluding carboxylic acids is 2. The SMILES string of the molecule is COc1ccc(/C=C2/SC(=O)N(Cc3cc4c(cc3Cl)OCO4)C2=O)c(OC)c1. The van der Waals surface area contributed by atoms with Crippen molar-refractivity contribution < 1.29 is 28.5 Å². The summed E-state index contributed by atoms with van der Waals surface area (Å²) in [6, 6.07) is 8.54. The highest BCUT2D eigenvalue weighted by atomic mass is 35.5. The lowest BCUT2D eigenvalue weighted by atomic mass is 10.1. The zero-order valence-corrected chi connectivity index (χ0v) is 17.1. The molecule has 9 heteroatoms. The highest BCUT2D eigenvalue weighted by Crippen LogP contribution is 2.40. The molecule has 1 fully saturated rings. The van der Waals surface area contributed by atoms with Crippen LogP contribution in [-0.4, -0.2) is 37.1 Å². The number of benzene rings is 2. The van der Waals surface area contributed by atoms with Crippen LogP contribution >= 0.6 is 23.4 Å². The van der Waals surface area contributed by atoms with Crippen LogP contribution in [0, 0.1) is 0 Å². The van der Waals surface area contributed by atoms with Gasteiger partial charge < -0.3 is 18.9 Å². The van der Waals surface area contributed by atoms with Gasteiger partial charge in [0.1, 0.15) is 11.5 Å². The Morgan fingerprint density at radius 3 is 2.62 bits per heavy atom. The molecule has 0 N–H and O–H groups in total. The Morgan fingerprint density at radius 2 is 1.90 bits per heavy atom. The van der Waals surface area contributed by atoms with Crippen molar-refractivity contribution in [2.45, 2.75) is 6.54 Å². The summed E-state index contributed by atoms with van der Waals surface area (Å²) < 4.78 is 21.2. The van der Waals surface area contributed by atoms with Crippen molar-refractivity contribution in [3.8, 4) is 23.0 Å². The van der Waals surface area contributed by atoms with E-state index in [2.05, 4.69) is 0 Å². The molecular weight excluding hydrogens is 418 g/mol. The molecule has 2 amide bonds. The molecule has 2 aliphatic heterocycles. The minimum Gasteiger partial charge on any atom is -0.497 e. The molecule has 2 heterocycles. The zero-order chi connectivity index (χ0) is 20.5. The third-order valence-corrected chi connectivity index (χ3v) is 5.73. The van der Waals surface area contributed by atoms with Crippen LogP contribution in [0.2, 0.25) is 5.02 Å². The molecule has 1 saturated heterocycles. The fraction of sp³-hybridized carbons (Fsp3) is 0.200. The number of ether oxygens (including phenoxy) is 4. The Balaban J connectivity index is 1.59. The van der Waals surface area contributed by atoms with E-state index in [1.165, 1.54) is 7.11 Å². The molecule has 7 nitrogen and oxygen atoms in total. The van der Waals surface area contributed by atoms with Gasteiger partial charge in [-0.1, -0.05) is 11.6 Å².